The van der Waals surface area contributed by atoms with E-state index in [1.807, 2.05) is 18.3 Å². The maximum Gasteiger partial charge on any atom is 0.331 e. The van der Waals surface area contributed by atoms with Crippen LogP contribution in [-0.4, -0.2) is 33.4 Å². The molecule has 28 heavy (non-hydrogen) atoms. The van der Waals surface area contributed by atoms with Crippen LogP contribution >= 0.6 is 0 Å². The Morgan fingerprint density at radius 3 is 2.54 bits per heavy atom. The number of aromatic hydroxyl groups is 2. The summed E-state index contributed by atoms with van der Waals surface area (Å²) in [6.45, 7) is 7.40. The van der Waals surface area contributed by atoms with E-state index in [2.05, 4.69) is 18.1 Å². The van der Waals surface area contributed by atoms with Crippen molar-refractivity contribution in [3.63, 3.8) is 0 Å². The molecule has 0 aliphatic rings. The molecule has 0 unspecified atom stereocenters. The van der Waals surface area contributed by atoms with Gasteiger partial charge in [0.15, 0.2) is 11.5 Å². The second kappa shape index (κ2) is 9.60. The number of carboxylic acids is 1. The number of hydrogen-bond donors (Lipinski definition) is 3. The lowest BCUT2D eigenvalue weighted by molar-refractivity contribution is -0.132. The Bertz CT molecular complexity index is 967. The minimum Gasteiger partial charge on any atom is -0.507 e. The van der Waals surface area contributed by atoms with Crippen LogP contribution in [0.25, 0.3) is 19.2 Å². The summed E-state index contributed by atoms with van der Waals surface area (Å²) in [5, 5.41) is 30.2. The third-order valence-corrected chi connectivity index (χ3v) is 4.57. The molecule has 0 aliphatic heterocycles. The van der Waals surface area contributed by atoms with E-state index >= 15 is 0 Å². The van der Waals surface area contributed by atoms with Crippen LogP contribution in [0.5, 0.6) is 17.2 Å². The number of unbranched alkanes of at least 4 members (excludes halogenated alkanes) is 2. The van der Waals surface area contributed by atoms with Gasteiger partial charge in [-0.05, 0) is 43.4 Å². The maximum atomic E-state index is 11.6. The van der Waals surface area contributed by atoms with Gasteiger partial charge < -0.3 is 20.1 Å². The van der Waals surface area contributed by atoms with Gasteiger partial charge in [-0.2, -0.15) is 0 Å². The summed E-state index contributed by atoms with van der Waals surface area (Å²) in [6.07, 6.45) is 8.59. The molecule has 1 heterocycles. The van der Waals surface area contributed by atoms with Crippen molar-refractivity contribution in [3.05, 3.63) is 51.7 Å². The molecule has 2 aromatic rings. The summed E-state index contributed by atoms with van der Waals surface area (Å²) >= 11 is 0. The Balaban J connectivity index is 2.12. The van der Waals surface area contributed by atoms with E-state index in [1.165, 1.54) is 13.2 Å². The van der Waals surface area contributed by atoms with Gasteiger partial charge in [0, 0.05) is 28.7 Å². The molecule has 0 amide bonds. The van der Waals surface area contributed by atoms with Gasteiger partial charge in [-0.3, -0.25) is 4.98 Å². The van der Waals surface area contributed by atoms with E-state index in [0.29, 0.717) is 12.8 Å². The van der Waals surface area contributed by atoms with Crippen LogP contribution in [0.4, 0.5) is 0 Å². The summed E-state index contributed by atoms with van der Waals surface area (Å²) in [4.78, 5) is 15.7. The average Bonchev–Trinajstić information content (AvgIpc) is 2.69. The highest BCUT2D eigenvalue weighted by Gasteiger charge is 2.16. The molecule has 0 saturated carbocycles. The monoisotopic (exact) mass is 383 g/mol. The molecule has 2 rings (SSSR count). The second-order valence-corrected chi connectivity index (χ2v) is 6.50. The van der Waals surface area contributed by atoms with Gasteiger partial charge in [-0.1, -0.05) is 25.6 Å². The lowest BCUT2D eigenvalue weighted by atomic mass is 10.0. The van der Waals surface area contributed by atoms with Crippen molar-refractivity contribution in [3.8, 4) is 17.2 Å². The highest BCUT2D eigenvalue weighted by molar-refractivity contribution is 5.92. The fourth-order valence-corrected chi connectivity index (χ4v) is 2.98. The molecule has 0 aliphatic carbocycles. The van der Waals surface area contributed by atoms with Crippen molar-refractivity contribution < 1.29 is 24.9 Å². The van der Waals surface area contributed by atoms with Crippen LogP contribution in [0, 0.1) is 0 Å². The second-order valence-electron chi connectivity index (χ2n) is 6.50. The Morgan fingerprint density at radius 2 is 1.93 bits per heavy atom. The van der Waals surface area contributed by atoms with E-state index in [9.17, 15) is 20.1 Å². The first-order chi connectivity index (χ1) is 13.4. The molecule has 148 valence electrons. The number of carbonyl (C=O) groups is 1. The van der Waals surface area contributed by atoms with Gasteiger partial charge >= 0.3 is 5.97 Å². The van der Waals surface area contributed by atoms with Crippen LogP contribution in [0.1, 0.15) is 36.8 Å². The van der Waals surface area contributed by atoms with E-state index < -0.39 is 5.97 Å². The first-order valence-corrected chi connectivity index (χ1v) is 8.99. The van der Waals surface area contributed by atoms with Gasteiger partial charge in [-0.15, -0.1) is 0 Å². The molecule has 1 aromatic carbocycles. The van der Waals surface area contributed by atoms with Crippen molar-refractivity contribution in [1.29, 1.82) is 0 Å². The first-order valence-electron chi connectivity index (χ1n) is 8.99. The van der Waals surface area contributed by atoms with Gasteiger partial charge in [0.2, 0.25) is 0 Å². The minimum atomic E-state index is -1.08. The molecule has 0 radical (unpaired) electrons. The molecule has 3 N–H and O–H groups in total. The number of aliphatic carboxylic acids is 1. The Hall–Kier alpha value is -3.28. The zero-order valence-electron chi connectivity index (χ0n) is 15.9. The predicted octanol–water partition coefficient (Wildman–Crippen LogP) is 2.59. The number of aromatic nitrogens is 1. The van der Waals surface area contributed by atoms with Crippen LogP contribution in [0.3, 0.4) is 0 Å². The lowest BCUT2D eigenvalue weighted by Gasteiger charge is -2.11. The van der Waals surface area contributed by atoms with Crippen molar-refractivity contribution in [2.24, 2.45) is 0 Å². The van der Waals surface area contributed by atoms with Gasteiger partial charge in [0.1, 0.15) is 5.75 Å². The normalized spacial score (nSPS) is 11.4. The highest BCUT2D eigenvalue weighted by atomic mass is 16.5. The number of nitrogens with zero attached hydrogens (tertiary/aromatic N) is 1. The minimum absolute atomic E-state index is 0.0203. The highest BCUT2D eigenvalue weighted by Crippen LogP contribution is 2.25. The molecule has 6 nitrogen and oxygen atoms in total. The average molecular weight is 383 g/mol. The zero-order chi connectivity index (χ0) is 20.7. The third kappa shape index (κ3) is 4.91. The van der Waals surface area contributed by atoms with Crippen LogP contribution in [-0.2, 0) is 11.2 Å². The summed E-state index contributed by atoms with van der Waals surface area (Å²) in [5.41, 5.74) is 1.42. The summed E-state index contributed by atoms with van der Waals surface area (Å²) in [7, 11) is 1.34. The number of phenols is 2. The fraction of sp³-hybridized carbons (Fsp3) is 0.273. The fourth-order valence-electron chi connectivity index (χ4n) is 2.98. The summed E-state index contributed by atoms with van der Waals surface area (Å²) in [6, 6.07) is 3.91. The van der Waals surface area contributed by atoms with E-state index in [1.54, 1.807) is 6.20 Å². The molecule has 0 spiro atoms. The Labute approximate surface area is 163 Å². The number of ether oxygens (including phenoxy) is 1. The number of phenolic OH excluding ortho intramolecular Hbond substituents is 2. The number of carboxylic acid groups (broad SMARTS) is 1. The summed E-state index contributed by atoms with van der Waals surface area (Å²) in [5.74, 6) is -1.58. The molecule has 0 saturated heterocycles. The number of pyridine rings is 1. The van der Waals surface area contributed by atoms with Crippen molar-refractivity contribution in [1.82, 2.24) is 4.98 Å². The largest absolute Gasteiger partial charge is 0.507 e. The van der Waals surface area contributed by atoms with E-state index in [0.717, 1.165) is 24.8 Å². The molecular formula is C22H25NO5. The first kappa shape index (κ1) is 21.0. The number of benzene rings is 1. The Morgan fingerprint density at radius 1 is 1.18 bits per heavy atom. The standard InChI is InChI=1S/C22H25NO5/c1-14-18(19(24)15(2)21(28-3)20(14)25)12-17(22(26)27)10-6-4-5-8-16-9-7-11-23-13-16/h7,9,11-13,24-25H,1-2,4-6,8,10H2,3H3,(H,26,27). The van der Waals surface area contributed by atoms with E-state index in [4.69, 9.17) is 4.74 Å². The number of rotatable bonds is 9. The molecule has 6 heteroatoms. The van der Waals surface area contributed by atoms with Crippen molar-refractivity contribution >= 4 is 25.2 Å². The van der Waals surface area contributed by atoms with Crippen LogP contribution < -0.4 is 15.2 Å². The molecule has 0 fully saturated rings. The topological polar surface area (TPSA) is 99.9 Å². The molecule has 0 bridgehead atoms. The lowest BCUT2D eigenvalue weighted by Crippen LogP contribution is -2.16. The molecule has 1 aromatic heterocycles. The summed E-state index contributed by atoms with van der Waals surface area (Å²) < 4.78 is 5.02. The predicted molar refractivity (Wildman–Crippen MR) is 109 cm³/mol. The Kier molecular flexibility index (Phi) is 7.21. The molecular weight excluding hydrogens is 358 g/mol. The SMILES string of the molecule is C=c1c(O)c(OC)c(=C)c(O)c1C=C(CCCCCc1cccnc1)C(=O)O. The zero-order valence-corrected chi connectivity index (χ0v) is 15.9. The number of methoxy groups -OCH3 is 1. The molecule has 0 atom stereocenters. The van der Waals surface area contributed by atoms with Crippen molar-refractivity contribution in [2.75, 3.05) is 7.11 Å². The van der Waals surface area contributed by atoms with Crippen LogP contribution in [0.15, 0.2) is 30.1 Å². The van der Waals surface area contributed by atoms with Crippen LogP contribution in [0.2, 0.25) is 0 Å². The van der Waals surface area contributed by atoms with Gasteiger partial charge in [0.05, 0.1) is 12.3 Å². The van der Waals surface area contributed by atoms with Crippen molar-refractivity contribution in [2.45, 2.75) is 32.1 Å². The van der Waals surface area contributed by atoms with Gasteiger partial charge in [-0.25, -0.2) is 4.79 Å². The van der Waals surface area contributed by atoms with Gasteiger partial charge in [0.25, 0.3) is 0 Å². The number of hydrogen-bond acceptors (Lipinski definition) is 5. The smallest absolute Gasteiger partial charge is 0.331 e. The third-order valence-electron chi connectivity index (χ3n) is 4.57. The maximum absolute atomic E-state index is 11.6. The van der Waals surface area contributed by atoms with E-state index in [-0.39, 0.29) is 38.8 Å². The quantitative estimate of drug-likeness (QED) is 0.350. The number of aryl methyl sites for hydroxylation is 1.